The quantitative estimate of drug-likeness (QED) is 0.604. The smallest absolute Gasteiger partial charge is 0.255 e. The monoisotopic (exact) mass is 521 g/mol. The number of allylic oxidation sites excluding steroid dienone is 1. The highest BCUT2D eigenvalue weighted by atomic mass is 35.5. The summed E-state index contributed by atoms with van der Waals surface area (Å²) in [6, 6.07) is 13.2. The van der Waals surface area contributed by atoms with Crippen LogP contribution in [0.3, 0.4) is 0 Å². The average molecular weight is 522 g/mol. The molecule has 4 aliphatic rings. The van der Waals surface area contributed by atoms with Crippen LogP contribution in [0.15, 0.2) is 54.7 Å². The highest BCUT2D eigenvalue weighted by molar-refractivity contribution is 6.32. The van der Waals surface area contributed by atoms with Gasteiger partial charge in [-0.05, 0) is 68.0 Å². The molecule has 37 heavy (non-hydrogen) atoms. The number of ether oxygens (including phenoxy) is 2. The lowest BCUT2D eigenvalue weighted by Crippen LogP contribution is -2.62. The van der Waals surface area contributed by atoms with Crippen molar-refractivity contribution >= 4 is 23.4 Å². The Hall–Kier alpha value is -3.03. The molecule has 2 aromatic carbocycles. The fourth-order valence-electron chi connectivity index (χ4n) is 6.05. The first-order chi connectivity index (χ1) is 18.0. The average Bonchev–Trinajstić information content (AvgIpc) is 3.18. The second kappa shape index (κ2) is 10.0. The first-order valence-corrected chi connectivity index (χ1v) is 13.6. The van der Waals surface area contributed by atoms with Crippen molar-refractivity contribution in [2.24, 2.45) is 0 Å². The van der Waals surface area contributed by atoms with E-state index in [2.05, 4.69) is 16.8 Å². The predicted molar refractivity (Wildman–Crippen MR) is 141 cm³/mol. The fraction of sp³-hybridized carbons (Fsp3) is 0.448. The van der Waals surface area contributed by atoms with Crippen LogP contribution in [0.25, 0.3) is 0 Å². The number of benzene rings is 2. The molecule has 3 aliphatic heterocycles. The maximum atomic E-state index is 13.1. The van der Waals surface area contributed by atoms with Gasteiger partial charge in [-0.1, -0.05) is 36.7 Å². The van der Waals surface area contributed by atoms with E-state index < -0.39 is 6.04 Å². The van der Waals surface area contributed by atoms with Gasteiger partial charge in [0.25, 0.3) is 5.91 Å². The van der Waals surface area contributed by atoms with Gasteiger partial charge < -0.3 is 19.7 Å². The molecule has 3 atom stereocenters. The standard InChI is InChI=1S/C29H32ClN3O4/c1-18-10-13-25(28(34)31-18)33-15-19-14-20(11-12-22(19)29(33)35)36-27-9-5-3-7-24(27)32-16-21(17-32)37-26-8-4-2-6-23(26)30/h2,4,6,8,11-12,14,21,24-25,27H,1,3,5,7,9-10,13,15-17H2,(H,31,34). The third-order valence-corrected chi connectivity index (χ3v) is 8.35. The summed E-state index contributed by atoms with van der Waals surface area (Å²) in [4.78, 5) is 29.7. The number of nitrogens with one attached hydrogen (secondary N) is 1. The van der Waals surface area contributed by atoms with Crippen molar-refractivity contribution in [2.75, 3.05) is 13.1 Å². The molecule has 2 aromatic rings. The molecule has 1 N–H and O–H groups in total. The molecule has 0 spiro atoms. The first-order valence-electron chi connectivity index (χ1n) is 13.2. The van der Waals surface area contributed by atoms with Crippen LogP contribution in [-0.4, -0.2) is 59.0 Å². The number of carbonyl (C=O) groups excluding carboxylic acids is 2. The molecule has 3 fully saturated rings. The van der Waals surface area contributed by atoms with Gasteiger partial charge in [-0.3, -0.25) is 14.5 Å². The number of hydrogen-bond donors (Lipinski definition) is 1. The number of nitrogens with zero attached hydrogens (tertiary/aromatic N) is 2. The second-order valence-corrected chi connectivity index (χ2v) is 10.9. The van der Waals surface area contributed by atoms with Crippen LogP contribution in [0.4, 0.5) is 0 Å². The third-order valence-electron chi connectivity index (χ3n) is 8.04. The van der Waals surface area contributed by atoms with Gasteiger partial charge in [0.1, 0.15) is 29.7 Å². The molecule has 3 unspecified atom stereocenters. The molecule has 0 aromatic heterocycles. The first kappa shape index (κ1) is 24.3. The molecule has 194 valence electrons. The summed E-state index contributed by atoms with van der Waals surface area (Å²) in [6.45, 7) is 5.99. The van der Waals surface area contributed by atoms with Crippen molar-refractivity contribution in [3.05, 3.63) is 70.9 Å². The summed E-state index contributed by atoms with van der Waals surface area (Å²) in [7, 11) is 0. The van der Waals surface area contributed by atoms with Crippen molar-refractivity contribution in [1.29, 1.82) is 0 Å². The highest BCUT2D eigenvalue weighted by Crippen LogP contribution is 2.35. The lowest BCUT2D eigenvalue weighted by Gasteiger charge is -2.47. The number of likely N-dealkylation sites (tertiary alicyclic amines) is 1. The van der Waals surface area contributed by atoms with E-state index in [1.54, 1.807) is 4.90 Å². The van der Waals surface area contributed by atoms with Crippen molar-refractivity contribution in [1.82, 2.24) is 15.1 Å². The molecule has 7 nitrogen and oxygen atoms in total. The Bertz CT molecular complexity index is 1230. The van der Waals surface area contributed by atoms with Gasteiger partial charge in [-0.2, -0.15) is 0 Å². The van der Waals surface area contributed by atoms with Gasteiger partial charge in [-0.25, -0.2) is 0 Å². The summed E-state index contributed by atoms with van der Waals surface area (Å²) in [5.41, 5.74) is 2.29. The van der Waals surface area contributed by atoms with Gasteiger partial charge in [-0.15, -0.1) is 0 Å². The lowest BCUT2D eigenvalue weighted by atomic mass is 9.89. The summed E-state index contributed by atoms with van der Waals surface area (Å²) in [6.07, 6.45) is 5.97. The Labute approximate surface area is 222 Å². The minimum absolute atomic E-state index is 0.0881. The Morgan fingerprint density at radius 2 is 1.81 bits per heavy atom. The molecule has 8 heteroatoms. The minimum Gasteiger partial charge on any atom is -0.489 e. The van der Waals surface area contributed by atoms with Crippen LogP contribution >= 0.6 is 11.6 Å². The third kappa shape index (κ3) is 4.82. The van der Waals surface area contributed by atoms with Crippen LogP contribution < -0.4 is 14.8 Å². The lowest BCUT2D eigenvalue weighted by molar-refractivity contribution is -0.126. The van der Waals surface area contributed by atoms with Gasteiger partial charge in [0, 0.05) is 36.9 Å². The number of para-hydroxylation sites is 1. The SMILES string of the molecule is C=C1CCC(N2Cc3cc(OC4CCCCC4N4CC(Oc5ccccc5Cl)C4)ccc3C2=O)C(=O)N1. The molecule has 2 saturated heterocycles. The van der Waals surface area contributed by atoms with E-state index in [4.69, 9.17) is 21.1 Å². The molecule has 1 saturated carbocycles. The van der Waals surface area contributed by atoms with Crippen LogP contribution in [-0.2, 0) is 11.3 Å². The van der Waals surface area contributed by atoms with Crippen molar-refractivity contribution in [3.8, 4) is 11.5 Å². The summed E-state index contributed by atoms with van der Waals surface area (Å²) >= 11 is 6.26. The van der Waals surface area contributed by atoms with Gasteiger partial charge >= 0.3 is 0 Å². The van der Waals surface area contributed by atoms with Gasteiger partial charge in [0.15, 0.2) is 0 Å². The molecular formula is C29H32ClN3O4. The number of amides is 2. The molecular weight excluding hydrogens is 490 g/mol. The van der Waals surface area contributed by atoms with Crippen molar-refractivity contribution in [2.45, 2.75) is 69.4 Å². The van der Waals surface area contributed by atoms with Gasteiger partial charge in [0.05, 0.1) is 5.02 Å². The number of carbonyl (C=O) groups is 2. The second-order valence-electron chi connectivity index (χ2n) is 10.5. The summed E-state index contributed by atoms with van der Waals surface area (Å²) < 4.78 is 12.7. The topological polar surface area (TPSA) is 71.1 Å². The van der Waals surface area contributed by atoms with E-state index in [1.807, 2.05) is 42.5 Å². The van der Waals surface area contributed by atoms with Crippen molar-refractivity contribution in [3.63, 3.8) is 0 Å². The largest absolute Gasteiger partial charge is 0.489 e. The minimum atomic E-state index is -0.454. The normalized spacial score (nSPS) is 26.5. The molecule has 1 aliphatic carbocycles. The Morgan fingerprint density at radius 1 is 1.00 bits per heavy atom. The van der Waals surface area contributed by atoms with Crippen LogP contribution in [0.1, 0.15) is 54.4 Å². The number of halogens is 1. The van der Waals surface area contributed by atoms with Gasteiger partial charge in [0.2, 0.25) is 5.91 Å². The number of piperidine rings is 1. The Balaban J connectivity index is 1.09. The Morgan fingerprint density at radius 3 is 2.62 bits per heavy atom. The summed E-state index contributed by atoms with van der Waals surface area (Å²) in [5, 5.41) is 3.43. The zero-order chi connectivity index (χ0) is 25.5. The van der Waals surface area contributed by atoms with Crippen LogP contribution in [0.5, 0.6) is 11.5 Å². The zero-order valence-corrected chi connectivity index (χ0v) is 21.6. The van der Waals surface area contributed by atoms with E-state index in [9.17, 15) is 9.59 Å². The van der Waals surface area contributed by atoms with E-state index >= 15 is 0 Å². The summed E-state index contributed by atoms with van der Waals surface area (Å²) in [5.74, 6) is 1.29. The Kier molecular flexibility index (Phi) is 6.59. The van der Waals surface area contributed by atoms with Crippen LogP contribution in [0, 0.1) is 0 Å². The van der Waals surface area contributed by atoms with E-state index in [1.165, 1.54) is 6.42 Å². The number of hydrogen-bond acceptors (Lipinski definition) is 5. The maximum Gasteiger partial charge on any atom is 0.255 e. The predicted octanol–water partition coefficient (Wildman–Crippen LogP) is 4.54. The highest BCUT2D eigenvalue weighted by Gasteiger charge is 2.41. The maximum absolute atomic E-state index is 13.1. The van der Waals surface area contributed by atoms with E-state index in [0.29, 0.717) is 41.7 Å². The molecule has 6 rings (SSSR count). The molecule has 0 bridgehead atoms. The van der Waals surface area contributed by atoms with Crippen LogP contribution in [0.2, 0.25) is 5.02 Å². The fourth-order valence-corrected chi connectivity index (χ4v) is 6.23. The molecule has 0 radical (unpaired) electrons. The number of rotatable bonds is 6. The zero-order valence-electron chi connectivity index (χ0n) is 20.8. The molecule has 2 amide bonds. The van der Waals surface area contributed by atoms with Crippen molar-refractivity contribution < 1.29 is 19.1 Å². The van der Waals surface area contributed by atoms with E-state index in [0.717, 1.165) is 49.4 Å². The molecule has 3 heterocycles. The van der Waals surface area contributed by atoms with E-state index in [-0.39, 0.29) is 24.0 Å². The number of fused-ring (bicyclic) bond motifs is 1.